The molecule has 0 aliphatic carbocycles. The Balaban J connectivity index is 1.86. The van der Waals surface area contributed by atoms with Gasteiger partial charge in [-0.15, -0.1) is 0 Å². The van der Waals surface area contributed by atoms with Crippen LogP contribution in [0.15, 0.2) is 9.53 Å². The summed E-state index contributed by atoms with van der Waals surface area (Å²) in [6.45, 7) is 3.36. The monoisotopic (exact) mass is 401 g/mol. The molecule has 0 aromatic carbocycles. The minimum Gasteiger partial charge on any atom is -0.394 e. The van der Waals surface area contributed by atoms with Crippen LogP contribution in [0, 0.1) is 0 Å². The first-order valence-electron chi connectivity index (χ1n) is 7.36. The molecule has 10 nitrogen and oxygen atoms in total. The van der Waals surface area contributed by atoms with Crippen molar-refractivity contribution < 1.29 is 19.3 Å². The number of nitrogens with one attached hydrogen (secondary N) is 1. The lowest BCUT2D eigenvalue weighted by atomic mass is 10.1. The van der Waals surface area contributed by atoms with Crippen LogP contribution in [-0.4, -0.2) is 55.3 Å². The van der Waals surface area contributed by atoms with Gasteiger partial charge in [0.05, 0.1) is 6.61 Å². The van der Waals surface area contributed by atoms with Gasteiger partial charge in [0.1, 0.15) is 18.3 Å². The third-order valence-corrected chi connectivity index (χ3v) is 4.64. The number of nitrogen functional groups attached to an aromatic ring is 1. The molecule has 2 aromatic rings. The Kier molecular flexibility index (Phi) is 3.48. The summed E-state index contributed by atoms with van der Waals surface area (Å²) < 4.78 is 19.6. The van der Waals surface area contributed by atoms with E-state index in [0.29, 0.717) is 4.73 Å². The minimum atomic E-state index is -0.808. The number of aliphatic hydroxyl groups is 1. The summed E-state index contributed by atoms with van der Waals surface area (Å²) in [5, 5.41) is 9.58. The molecule has 0 bridgehead atoms. The van der Waals surface area contributed by atoms with Crippen molar-refractivity contribution in [2.45, 2.75) is 44.2 Å². The van der Waals surface area contributed by atoms with Gasteiger partial charge in [-0.1, -0.05) is 0 Å². The molecule has 4 N–H and O–H groups in total. The highest BCUT2D eigenvalue weighted by Gasteiger charge is 2.56. The van der Waals surface area contributed by atoms with E-state index in [2.05, 4.69) is 30.9 Å². The van der Waals surface area contributed by atoms with Gasteiger partial charge >= 0.3 is 0 Å². The maximum Gasteiger partial charge on any atom is 0.280 e. The van der Waals surface area contributed by atoms with Crippen LogP contribution < -0.4 is 11.3 Å². The molecular formula is C13H16BrN5O5. The highest BCUT2D eigenvalue weighted by atomic mass is 79.9. The van der Waals surface area contributed by atoms with Crippen LogP contribution in [0.25, 0.3) is 11.2 Å². The molecule has 0 amide bonds. The molecule has 2 fully saturated rings. The fourth-order valence-electron chi connectivity index (χ4n) is 3.21. The number of aliphatic hydroxyl groups excluding tert-OH is 1. The van der Waals surface area contributed by atoms with E-state index >= 15 is 0 Å². The van der Waals surface area contributed by atoms with Crippen LogP contribution in [-0.2, 0) is 14.2 Å². The quantitative estimate of drug-likeness (QED) is 0.591. The van der Waals surface area contributed by atoms with Gasteiger partial charge in [0, 0.05) is 0 Å². The Hall–Kier alpha value is -1.53. The van der Waals surface area contributed by atoms with Crippen LogP contribution in [0.2, 0.25) is 0 Å². The number of aromatic nitrogens is 4. The Labute approximate surface area is 144 Å². The molecule has 4 heterocycles. The van der Waals surface area contributed by atoms with Crippen LogP contribution >= 0.6 is 15.9 Å². The summed E-state index contributed by atoms with van der Waals surface area (Å²) in [5.74, 6) is -0.837. The van der Waals surface area contributed by atoms with E-state index in [9.17, 15) is 9.90 Å². The van der Waals surface area contributed by atoms with Crippen molar-refractivity contribution in [2.75, 3.05) is 12.3 Å². The summed E-state index contributed by atoms with van der Waals surface area (Å²) in [7, 11) is 0. The third-order valence-electron chi connectivity index (χ3n) is 4.09. The SMILES string of the molecule is CC1(C)O[C@@H]2[C@@H](O1)[C@@H](n1c(Br)nc3c(=O)[nH]c(N)nc31)O[C@H]2CO. The zero-order chi connectivity index (χ0) is 17.2. The normalized spacial score (nSPS) is 31.7. The first kappa shape index (κ1) is 16.0. The number of halogens is 1. The van der Waals surface area contributed by atoms with Crippen molar-refractivity contribution in [3.63, 3.8) is 0 Å². The van der Waals surface area contributed by atoms with Crippen LogP contribution in [0.5, 0.6) is 0 Å². The number of hydrogen-bond donors (Lipinski definition) is 3. The first-order valence-corrected chi connectivity index (χ1v) is 8.15. The molecule has 4 rings (SSSR count). The largest absolute Gasteiger partial charge is 0.394 e. The highest BCUT2D eigenvalue weighted by molar-refractivity contribution is 9.10. The number of nitrogens with two attached hydrogens (primary N) is 1. The van der Waals surface area contributed by atoms with E-state index < -0.39 is 35.9 Å². The molecule has 0 unspecified atom stereocenters. The van der Waals surface area contributed by atoms with Crippen molar-refractivity contribution in [2.24, 2.45) is 0 Å². The van der Waals surface area contributed by atoms with E-state index in [1.165, 1.54) is 0 Å². The number of H-pyrrole nitrogens is 1. The molecule has 2 aliphatic heterocycles. The summed E-state index contributed by atoms with van der Waals surface area (Å²) in [4.78, 5) is 22.8. The molecule has 0 spiro atoms. The fourth-order valence-corrected chi connectivity index (χ4v) is 3.76. The van der Waals surface area contributed by atoms with Crippen molar-refractivity contribution in [1.82, 2.24) is 19.5 Å². The van der Waals surface area contributed by atoms with Crippen LogP contribution in [0.1, 0.15) is 20.1 Å². The second-order valence-corrected chi connectivity index (χ2v) is 6.90. The smallest absolute Gasteiger partial charge is 0.280 e. The number of hydrogen-bond acceptors (Lipinski definition) is 8. The second-order valence-electron chi connectivity index (χ2n) is 6.19. The van der Waals surface area contributed by atoms with Gasteiger partial charge in [-0.05, 0) is 29.8 Å². The molecule has 2 aliphatic rings. The van der Waals surface area contributed by atoms with Gasteiger partial charge in [-0.2, -0.15) is 4.98 Å². The van der Waals surface area contributed by atoms with Gasteiger partial charge in [-0.3, -0.25) is 14.3 Å². The summed E-state index contributed by atoms with van der Waals surface area (Å²) in [6.07, 6.45) is -2.18. The standard InChI is InChI=1S/C13H16BrN5O5/c1-13(2)23-6-4(3-20)22-10(7(6)24-13)19-8-5(16-11(19)14)9(21)18-12(15)17-8/h4,6-7,10,20H,3H2,1-2H3,(H3,15,17,18,21)/t4-,6-,7+,10-/m0/s1. The highest BCUT2D eigenvalue weighted by Crippen LogP contribution is 2.44. The number of aromatic amines is 1. The number of rotatable bonds is 2. The predicted octanol–water partition coefficient (Wildman–Crippen LogP) is -0.126. The lowest BCUT2D eigenvalue weighted by Gasteiger charge is -2.24. The van der Waals surface area contributed by atoms with Gasteiger partial charge in [0.15, 0.2) is 27.9 Å². The molecular weight excluding hydrogens is 386 g/mol. The van der Waals surface area contributed by atoms with Crippen molar-refractivity contribution in [1.29, 1.82) is 0 Å². The summed E-state index contributed by atoms with van der Waals surface area (Å²) >= 11 is 3.33. The summed E-state index contributed by atoms with van der Waals surface area (Å²) in [5.41, 5.74) is 5.58. The van der Waals surface area contributed by atoms with E-state index in [1.54, 1.807) is 18.4 Å². The average molecular weight is 402 g/mol. The van der Waals surface area contributed by atoms with E-state index in [4.69, 9.17) is 19.9 Å². The number of imidazole rings is 1. The molecule has 0 saturated carbocycles. The zero-order valence-electron chi connectivity index (χ0n) is 12.9. The van der Waals surface area contributed by atoms with Gasteiger partial charge < -0.3 is 25.1 Å². The Morgan fingerprint density at radius 3 is 2.79 bits per heavy atom. The maximum absolute atomic E-state index is 12.0. The van der Waals surface area contributed by atoms with Crippen LogP contribution in [0.4, 0.5) is 5.95 Å². The third kappa shape index (κ3) is 2.27. The van der Waals surface area contributed by atoms with Crippen LogP contribution in [0.3, 0.4) is 0 Å². The Bertz CT molecular complexity index is 864. The van der Waals surface area contributed by atoms with Gasteiger partial charge in [0.25, 0.3) is 5.56 Å². The van der Waals surface area contributed by atoms with Gasteiger partial charge in [-0.25, -0.2) is 4.98 Å². The van der Waals surface area contributed by atoms with E-state index in [1.807, 2.05) is 0 Å². The molecule has 11 heteroatoms. The Morgan fingerprint density at radius 2 is 2.08 bits per heavy atom. The molecule has 24 heavy (non-hydrogen) atoms. The first-order chi connectivity index (χ1) is 11.3. The topological polar surface area (TPSA) is 138 Å². The zero-order valence-corrected chi connectivity index (χ0v) is 14.5. The molecule has 130 valence electrons. The van der Waals surface area contributed by atoms with E-state index in [0.717, 1.165) is 0 Å². The number of anilines is 1. The van der Waals surface area contributed by atoms with Crippen molar-refractivity contribution >= 4 is 33.0 Å². The van der Waals surface area contributed by atoms with Crippen molar-refractivity contribution in [3.05, 3.63) is 15.1 Å². The van der Waals surface area contributed by atoms with E-state index in [-0.39, 0.29) is 23.7 Å². The van der Waals surface area contributed by atoms with Crippen molar-refractivity contribution in [3.8, 4) is 0 Å². The molecule has 4 atom stereocenters. The molecule has 2 saturated heterocycles. The average Bonchev–Trinajstić information content (AvgIpc) is 3.07. The molecule has 0 radical (unpaired) electrons. The fraction of sp³-hybridized carbons (Fsp3) is 0.615. The second kappa shape index (κ2) is 5.23. The van der Waals surface area contributed by atoms with Gasteiger partial charge in [0.2, 0.25) is 5.95 Å². The predicted molar refractivity (Wildman–Crippen MR) is 85.1 cm³/mol. The number of nitrogens with zero attached hydrogens (tertiary/aromatic N) is 3. The molecule has 2 aromatic heterocycles. The maximum atomic E-state index is 12.0. The summed E-state index contributed by atoms with van der Waals surface area (Å²) in [6, 6.07) is 0. The Morgan fingerprint density at radius 1 is 1.38 bits per heavy atom. The minimum absolute atomic E-state index is 0.0293. The lowest BCUT2D eigenvalue weighted by Crippen LogP contribution is -2.31. The number of ether oxygens (including phenoxy) is 3. The number of fused-ring (bicyclic) bond motifs is 2. The lowest BCUT2D eigenvalue weighted by molar-refractivity contribution is -0.200.